The molecule has 0 spiro atoms. The molecule has 6 rings (SSSR count). The lowest BCUT2D eigenvalue weighted by Crippen LogP contribution is -2.51. The minimum absolute atomic E-state index is 0.0109. The normalized spacial score (nSPS) is 29.8. The number of fused-ring (bicyclic) bond motifs is 1. The molecule has 0 unspecified atom stereocenters. The van der Waals surface area contributed by atoms with Crippen LogP contribution in [0.4, 0.5) is 0 Å². The molecule has 4 aliphatic carbocycles. The number of hydrogen-bond acceptors (Lipinski definition) is 6. The molecule has 29 heavy (non-hydrogen) atoms. The highest BCUT2D eigenvalue weighted by atomic mass is 16.5. The first kappa shape index (κ1) is 18.4. The van der Waals surface area contributed by atoms with Crippen LogP contribution in [0.1, 0.15) is 48.9 Å². The van der Waals surface area contributed by atoms with Gasteiger partial charge in [-0.15, -0.1) is 0 Å². The number of carbonyl (C=O) groups is 2. The second kappa shape index (κ2) is 6.71. The summed E-state index contributed by atoms with van der Waals surface area (Å²) in [4.78, 5) is 37.8. The third-order valence-electron chi connectivity index (χ3n) is 7.13. The summed E-state index contributed by atoms with van der Waals surface area (Å²) in [5, 5.41) is 0.559. The van der Waals surface area contributed by atoms with Crippen LogP contribution in [0.5, 0.6) is 5.75 Å². The SMILES string of the molecule is COc1cccc2cc(C(=O)OCC(=O)C34CC5CC(CC(C5)C3)C4)c(=O)oc12. The van der Waals surface area contributed by atoms with Gasteiger partial charge in [-0.25, -0.2) is 9.59 Å². The van der Waals surface area contributed by atoms with Crippen molar-refractivity contribution < 1.29 is 23.5 Å². The topological polar surface area (TPSA) is 82.8 Å². The van der Waals surface area contributed by atoms with Crippen LogP contribution in [0.2, 0.25) is 0 Å². The maximum atomic E-state index is 13.0. The molecule has 4 saturated carbocycles. The first-order chi connectivity index (χ1) is 14.0. The van der Waals surface area contributed by atoms with Crippen molar-refractivity contribution in [2.24, 2.45) is 23.2 Å². The van der Waals surface area contributed by atoms with Gasteiger partial charge in [0.05, 0.1) is 7.11 Å². The quantitative estimate of drug-likeness (QED) is 0.566. The lowest BCUT2D eigenvalue weighted by molar-refractivity contribution is -0.147. The average molecular weight is 396 g/mol. The summed E-state index contributed by atoms with van der Waals surface area (Å²) in [6.07, 6.45) is 6.50. The van der Waals surface area contributed by atoms with Crippen LogP contribution in [0.3, 0.4) is 0 Å². The Hall–Kier alpha value is -2.63. The Morgan fingerprint density at radius 3 is 2.38 bits per heavy atom. The van der Waals surface area contributed by atoms with Gasteiger partial charge in [-0.3, -0.25) is 4.79 Å². The van der Waals surface area contributed by atoms with Gasteiger partial charge in [0.25, 0.3) is 0 Å². The van der Waals surface area contributed by atoms with E-state index in [0.717, 1.165) is 19.3 Å². The minimum Gasteiger partial charge on any atom is -0.493 e. The van der Waals surface area contributed by atoms with Crippen LogP contribution >= 0.6 is 0 Å². The van der Waals surface area contributed by atoms with Crippen LogP contribution in [-0.2, 0) is 9.53 Å². The lowest BCUT2D eigenvalue weighted by atomic mass is 9.48. The summed E-state index contributed by atoms with van der Waals surface area (Å²) >= 11 is 0. The zero-order valence-electron chi connectivity index (χ0n) is 16.4. The Labute approximate surface area is 168 Å². The average Bonchev–Trinajstić information content (AvgIpc) is 2.69. The monoisotopic (exact) mass is 396 g/mol. The van der Waals surface area contributed by atoms with Crippen LogP contribution < -0.4 is 10.4 Å². The summed E-state index contributed by atoms with van der Waals surface area (Å²) < 4.78 is 15.7. The predicted molar refractivity (Wildman–Crippen MR) is 105 cm³/mol. The van der Waals surface area contributed by atoms with Crippen molar-refractivity contribution in [2.45, 2.75) is 38.5 Å². The van der Waals surface area contributed by atoms with E-state index in [1.165, 1.54) is 32.4 Å². The second-order valence-corrected chi connectivity index (χ2v) is 9.02. The number of carbonyl (C=O) groups excluding carboxylic acids is 2. The molecule has 0 saturated heterocycles. The van der Waals surface area contributed by atoms with Crippen molar-refractivity contribution in [1.82, 2.24) is 0 Å². The van der Waals surface area contributed by atoms with Gasteiger partial charge >= 0.3 is 11.6 Å². The molecule has 6 heteroatoms. The van der Waals surface area contributed by atoms with Gasteiger partial charge in [-0.05, 0) is 68.4 Å². The van der Waals surface area contributed by atoms with E-state index in [-0.39, 0.29) is 29.0 Å². The first-order valence-corrected chi connectivity index (χ1v) is 10.3. The molecule has 4 aliphatic rings. The predicted octanol–water partition coefficient (Wildman–Crippen LogP) is 3.74. The third kappa shape index (κ3) is 3.05. The molecule has 0 aliphatic heterocycles. The van der Waals surface area contributed by atoms with Gasteiger partial charge in [0, 0.05) is 10.8 Å². The van der Waals surface area contributed by atoms with Crippen LogP contribution in [0.15, 0.2) is 33.5 Å². The number of rotatable bonds is 5. The van der Waals surface area contributed by atoms with Gasteiger partial charge in [0.1, 0.15) is 5.56 Å². The Morgan fingerprint density at radius 2 is 1.76 bits per heavy atom. The fourth-order valence-corrected chi connectivity index (χ4v) is 6.23. The van der Waals surface area contributed by atoms with Crippen LogP contribution in [-0.4, -0.2) is 25.5 Å². The summed E-state index contributed by atoms with van der Waals surface area (Å²) in [7, 11) is 1.48. The summed E-state index contributed by atoms with van der Waals surface area (Å²) in [6, 6.07) is 6.57. The molecule has 1 heterocycles. The number of hydrogen-bond donors (Lipinski definition) is 0. The Kier molecular flexibility index (Phi) is 4.26. The van der Waals surface area contributed by atoms with Gasteiger partial charge in [0.2, 0.25) is 0 Å². The van der Waals surface area contributed by atoms with Crippen molar-refractivity contribution in [3.05, 3.63) is 40.2 Å². The number of benzene rings is 1. The molecule has 4 fully saturated rings. The molecule has 0 atom stereocenters. The molecular formula is C23H24O6. The second-order valence-electron chi connectivity index (χ2n) is 9.02. The molecule has 0 radical (unpaired) electrons. The molecule has 1 aromatic heterocycles. The summed E-state index contributed by atoms with van der Waals surface area (Å²) in [6.45, 7) is -0.277. The minimum atomic E-state index is -0.818. The van der Waals surface area contributed by atoms with Crippen molar-refractivity contribution in [3.8, 4) is 5.75 Å². The zero-order chi connectivity index (χ0) is 20.2. The maximum absolute atomic E-state index is 13.0. The number of ketones is 1. The van der Waals surface area contributed by atoms with E-state index in [2.05, 4.69) is 0 Å². The zero-order valence-corrected chi connectivity index (χ0v) is 16.4. The fourth-order valence-electron chi connectivity index (χ4n) is 6.23. The van der Waals surface area contributed by atoms with E-state index in [1.807, 2.05) is 0 Å². The van der Waals surface area contributed by atoms with Gasteiger partial charge < -0.3 is 13.9 Å². The number of ether oxygens (including phenoxy) is 2. The standard InChI is InChI=1S/C23H24O6/c1-27-18-4-2-3-16-8-17(22(26)29-20(16)18)21(25)28-12-19(24)23-9-13-5-14(10-23)7-15(6-13)11-23/h2-4,8,13-15H,5-7,9-12H2,1H3. The number of methoxy groups -OCH3 is 1. The Bertz CT molecular complexity index is 1010. The number of para-hydroxylation sites is 1. The molecule has 6 nitrogen and oxygen atoms in total. The van der Waals surface area contributed by atoms with Crippen LogP contribution in [0.25, 0.3) is 11.0 Å². The molecule has 2 aromatic rings. The van der Waals surface area contributed by atoms with Crippen molar-refractivity contribution >= 4 is 22.7 Å². The molecule has 4 bridgehead atoms. The summed E-state index contributed by atoms with van der Waals surface area (Å²) in [5.74, 6) is 1.53. The van der Waals surface area contributed by atoms with E-state index < -0.39 is 11.6 Å². The Balaban J connectivity index is 1.33. The highest BCUT2D eigenvalue weighted by molar-refractivity contribution is 5.96. The smallest absolute Gasteiger partial charge is 0.351 e. The molecule has 0 N–H and O–H groups in total. The van der Waals surface area contributed by atoms with Crippen LogP contribution in [0, 0.1) is 23.2 Å². The highest BCUT2D eigenvalue weighted by Crippen LogP contribution is 2.60. The number of Topliss-reactive ketones (excluding diaryl/α,β-unsaturated/α-hetero) is 1. The highest BCUT2D eigenvalue weighted by Gasteiger charge is 2.54. The molecule has 152 valence electrons. The molecule has 1 aromatic carbocycles. The molecular weight excluding hydrogens is 372 g/mol. The van der Waals surface area contributed by atoms with E-state index >= 15 is 0 Å². The first-order valence-electron chi connectivity index (χ1n) is 10.3. The van der Waals surface area contributed by atoms with Gasteiger partial charge in [-0.1, -0.05) is 12.1 Å². The van der Waals surface area contributed by atoms with E-state index in [9.17, 15) is 14.4 Å². The third-order valence-corrected chi connectivity index (χ3v) is 7.13. The summed E-state index contributed by atoms with van der Waals surface area (Å²) in [5.41, 5.74) is -1.05. The van der Waals surface area contributed by atoms with Gasteiger partial charge in [0.15, 0.2) is 23.7 Å². The van der Waals surface area contributed by atoms with Gasteiger partial charge in [-0.2, -0.15) is 0 Å². The maximum Gasteiger partial charge on any atom is 0.351 e. The van der Waals surface area contributed by atoms with E-state index in [1.54, 1.807) is 18.2 Å². The van der Waals surface area contributed by atoms with Crippen molar-refractivity contribution in [3.63, 3.8) is 0 Å². The van der Waals surface area contributed by atoms with Crippen molar-refractivity contribution in [2.75, 3.05) is 13.7 Å². The van der Waals surface area contributed by atoms with Crippen molar-refractivity contribution in [1.29, 1.82) is 0 Å². The molecule has 0 amide bonds. The fraction of sp³-hybridized carbons (Fsp3) is 0.522. The Morgan fingerprint density at radius 1 is 1.10 bits per heavy atom. The van der Waals surface area contributed by atoms with E-state index in [4.69, 9.17) is 13.9 Å². The number of esters is 1. The largest absolute Gasteiger partial charge is 0.493 e. The van der Waals surface area contributed by atoms with E-state index in [0.29, 0.717) is 28.9 Å². The lowest BCUT2D eigenvalue weighted by Gasteiger charge is -2.55.